The predicted molar refractivity (Wildman–Crippen MR) is 82.8 cm³/mol. The minimum Gasteiger partial charge on any atom is -0.494 e. The number of hydrogen-bond donors (Lipinski definition) is 2. The largest absolute Gasteiger partial charge is 0.494 e. The highest BCUT2D eigenvalue weighted by atomic mass is 32.2. The second-order valence-corrected chi connectivity index (χ2v) is 7.08. The van der Waals surface area contributed by atoms with E-state index in [0.29, 0.717) is 24.6 Å². The fraction of sp³-hybridized carbons (Fsp3) is 0.571. The number of rotatable bonds is 8. The monoisotopic (exact) mass is 300 g/mol. The van der Waals surface area contributed by atoms with E-state index >= 15 is 0 Å². The molecule has 0 aliphatic carbocycles. The number of hydrogen-bond acceptors (Lipinski definition) is 4. The van der Waals surface area contributed by atoms with Crippen LogP contribution >= 0.6 is 0 Å². The van der Waals surface area contributed by atoms with Crippen molar-refractivity contribution in [2.24, 2.45) is 0 Å². The fourth-order valence-corrected chi connectivity index (χ4v) is 2.56. The summed E-state index contributed by atoms with van der Waals surface area (Å²) in [7, 11) is -3.41. The molecule has 0 fully saturated rings. The molecule has 1 aromatic carbocycles. The lowest BCUT2D eigenvalue weighted by molar-refractivity contribution is 0.340. The molecule has 1 aromatic rings. The minimum atomic E-state index is -3.41. The Bertz CT molecular complexity index is 515. The molecule has 0 bridgehead atoms. The Labute approximate surface area is 121 Å². The average Bonchev–Trinajstić information content (AvgIpc) is 2.36. The molecule has 6 heteroatoms. The molecular weight excluding hydrogens is 276 g/mol. The number of anilines is 1. The summed E-state index contributed by atoms with van der Waals surface area (Å²) in [6, 6.07) is 7.21. The van der Waals surface area contributed by atoms with Crippen LogP contribution in [0.4, 0.5) is 5.69 Å². The number of benzene rings is 1. The topological polar surface area (TPSA) is 67.4 Å². The second kappa shape index (κ2) is 7.50. The van der Waals surface area contributed by atoms with Crippen LogP contribution < -0.4 is 14.8 Å². The Morgan fingerprint density at radius 3 is 2.55 bits per heavy atom. The summed E-state index contributed by atoms with van der Waals surface area (Å²) in [6.07, 6.45) is 0. The van der Waals surface area contributed by atoms with E-state index in [1.807, 2.05) is 20.8 Å². The van der Waals surface area contributed by atoms with Gasteiger partial charge in [-0.05, 0) is 26.0 Å². The molecule has 0 saturated carbocycles. The number of nitrogens with one attached hydrogen (secondary N) is 2. The lowest BCUT2D eigenvalue weighted by atomic mass is 10.3. The van der Waals surface area contributed by atoms with Gasteiger partial charge in [-0.15, -0.1) is 0 Å². The Kier molecular flexibility index (Phi) is 6.29. The minimum absolute atomic E-state index is 0.258. The number of ether oxygens (including phenoxy) is 1. The van der Waals surface area contributed by atoms with Gasteiger partial charge in [0.15, 0.2) is 0 Å². The van der Waals surface area contributed by atoms with Crippen molar-refractivity contribution in [3.63, 3.8) is 0 Å². The van der Waals surface area contributed by atoms with E-state index in [4.69, 9.17) is 4.74 Å². The zero-order valence-electron chi connectivity index (χ0n) is 12.5. The standard InChI is InChI=1S/C14H24N2O3S/c1-5-19-14-8-6-7-13(9-14)16-20(17,18)12(4)10-15-11(2)3/h6-9,11-12,15-16H,5,10H2,1-4H3. The molecule has 1 unspecified atom stereocenters. The van der Waals surface area contributed by atoms with Crippen LogP contribution in [0.2, 0.25) is 0 Å². The van der Waals surface area contributed by atoms with Crippen molar-refractivity contribution >= 4 is 15.7 Å². The SMILES string of the molecule is CCOc1cccc(NS(=O)(=O)C(C)CNC(C)C)c1. The molecule has 5 nitrogen and oxygen atoms in total. The Balaban J connectivity index is 2.72. The average molecular weight is 300 g/mol. The smallest absolute Gasteiger partial charge is 0.236 e. The normalized spacial score (nSPS) is 13.2. The Morgan fingerprint density at radius 2 is 1.95 bits per heavy atom. The van der Waals surface area contributed by atoms with Gasteiger partial charge < -0.3 is 10.1 Å². The first-order valence-corrected chi connectivity index (χ1v) is 8.37. The summed E-state index contributed by atoms with van der Waals surface area (Å²) in [5.74, 6) is 0.653. The molecule has 114 valence electrons. The molecule has 1 rings (SSSR count). The lowest BCUT2D eigenvalue weighted by Crippen LogP contribution is -2.37. The van der Waals surface area contributed by atoms with Crippen LogP contribution in [0.5, 0.6) is 5.75 Å². The predicted octanol–water partition coefficient (Wildman–Crippen LogP) is 2.21. The molecule has 20 heavy (non-hydrogen) atoms. The maximum atomic E-state index is 12.2. The van der Waals surface area contributed by atoms with E-state index in [9.17, 15) is 8.42 Å². The van der Waals surface area contributed by atoms with Crippen molar-refractivity contribution in [3.8, 4) is 5.75 Å². The van der Waals surface area contributed by atoms with E-state index in [1.165, 1.54) is 0 Å². The first-order valence-electron chi connectivity index (χ1n) is 6.83. The van der Waals surface area contributed by atoms with Crippen LogP contribution in [-0.4, -0.2) is 32.9 Å². The van der Waals surface area contributed by atoms with Gasteiger partial charge >= 0.3 is 0 Å². The van der Waals surface area contributed by atoms with Gasteiger partial charge in [0.2, 0.25) is 10.0 Å². The summed E-state index contributed by atoms with van der Waals surface area (Å²) in [5, 5.41) is 2.61. The van der Waals surface area contributed by atoms with Crippen molar-refractivity contribution in [1.29, 1.82) is 0 Å². The van der Waals surface area contributed by atoms with E-state index in [2.05, 4.69) is 10.0 Å². The van der Waals surface area contributed by atoms with Crippen LogP contribution in [0, 0.1) is 0 Å². The van der Waals surface area contributed by atoms with Crippen LogP contribution in [0.3, 0.4) is 0 Å². The molecular formula is C14H24N2O3S. The lowest BCUT2D eigenvalue weighted by Gasteiger charge is -2.17. The molecule has 2 N–H and O–H groups in total. The first-order chi connectivity index (χ1) is 9.35. The molecule has 0 radical (unpaired) electrons. The second-order valence-electron chi connectivity index (χ2n) is 4.98. The summed E-state index contributed by atoms with van der Waals surface area (Å²) >= 11 is 0. The van der Waals surface area contributed by atoms with E-state index in [0.717, 1.165) is 0 Å². The molecule has 0 aliphatic heterocycles. The van der Waals surface area contributed by atoms with Crippen molar-refractivity contribution in [2.45, 2.75) is 39.0 Å². The summed E-state index contributed by atoms with van der Waals surface area (Å²) in [6.45, 7) is 8.50. The van der Waals surface area contributed by atoms with Crippen LogP contribution in [0.25, 0.3) is 0 Å². The summed E-state index contributed by atoms with van der Waals surface area (Å²) in [5.41, 5.74) is 0.521. The van der Waals surface area contributed by atoms with E-state index < -0.39 is 15.3 Å². The van der Waals surface area contributed by atoms with E-state index in [1.54, 1.807) is 31.2 Å². The van der Waals surface area contributed by atoms with Gasteiger partial charge in [-0.25, -0.2) is 8.42 Å². The Hall–Kier alpha value is -1.27. The van der Waals surface area contributed by atoms with Crippen molar-refractivity contribution in [1.82, 2.24) is 5.32 Å². The van der Waals surface area contributed by atoms with Gasteiger partial charge in [0.25, 0.3) is 0 Å². The third kappa shape index (κ3) is 5.38. The highest BCUT2D eigenvalue weighted by Crippen LogP contribution is 2.19. The van der Waals surface area contributed by atoms with Crippen molar-refractivity contribution in [3.05, 3.63) is 24.3 Å². The Morgan fingerprint density at radius 1 is 1.25 bits per heavy atom. The van der Waals surface area contributed by atoms with Gasteiger partial charge in [0.05, 0.1) is 17.5 Å². The first kappa shape index (κ1) is 16.8. The zero-order chi connectivity index (χ0) is 15.2. The van der Waals surface area contributed by atoms with Crippen LogP contribution in [-0.2, 0) is 10.0 Å². The quantitative estimate of drug-likeness (QED) is 0.772. The van der Waals surface area contributed by atoms with Crippen LogP contribution in [0.1, 0.15) is 27.7 Å². The maximum absolute atomic E-state index is 12.2. The maximum Gasteiger partial charge on any atom is 0.236 e. The van der Waals surface area contributed by atoms with Gasteiger partial charge in [-0.1, -0.05) is 19.9 Å². The van der Waals surface area contributed by atoms with Gasteiger partial charge in [0.1, 0.15) is 5.75 Å². The molecule has 0 spiro atoms. The molecule has 0 amide bonds. The van der Waals surface area contributed by atoms with Gasteiger partial charge in [-0.2, -0.15) is 0 Å². The van der Waals surface area contributed by atoms with Crippen LogP contribution in [0.15, 0.2) is 24.3 Å². The highest BCUT2D eigenvalue weighted by Gasteiger charge is 2.20. The summed E-state index contributed by atoms with van der Waals surface area (Å²) in [4.78, 5) is 0. The van der Waals surface area contributed by atoms with Gasteiger partial charge in [0, 0.05) is 18.7 Å². The molecule has 0 aliphatic rings. The molecule has 1 atom stereocenters. The molecule has 0 aromatic heterocycles. The third-order valence-electron chi connectivity index (χ3n) is 2.75. The van der Waals surface area contributed by atoms with Gasteiger partial charge in [-0.3, -0.25) is 4.72 Å². The van der Waals surface area contributed by atoms with Crippen molar-refractivity contribution in [2.75, 3.05) is 17.9 Å². The third-order valence-corrected chi connectivity index (χ3v) is 4.49. The summed E-state index contributed by atoms with van der Waals surface area (Å²) < 4.78 is 32.3. The zero-order valence-corrected chi connectivity index (χ0v) is 13.3. The van der Waals surface area contributed by atoms with E-state index in [-0.39, 0.29) is 6.04 Å². The van der Waals surface area contributed by atoms with Crippen molar-refractivity contribution < 1.29 is 13.2 Å². The molecule has 0 heterocycles. The number of sulfonamides is 1. The fourth-order valence-electron chi connectivity index (χ4n) is 1.59. The molecule has 0 saturated heterocycles. The highest BCUT2D eigenvalue weighted by molar-refractivity contribution is 7.93.